The van der Waals surface area contributed by atoms with Gasteiger partial charge < -0.3 is 4.74 Å². The normalized spacial score (nSPS) is 16.9. The molecule has 6 rings (SSSR count). The summed E-state index contributed by atoms with van der Waals surface area (Å²) >= 11 is 0. The van der Waals surface area contributed by atoms with Gasteiger partial charge in [0.15, 0.2) is 0 Å². The Bertz CT molecular complexity index is 1030. The van der Waals surface area contributed by atoms with Crippen molar-refractivity contribution in [2.75, 3.05) is 7.11 Å². The number of aromatic nitrogens is 3. The molecule has 1 aromatic carbocycles. The summed E-state index contributed by atoms with van der Waals surface area (Å²) in [5.41, 5.74) is 7.16. The van der Waals surface area contributed by atoms with Gasteiger partial charge in [-0.15, -0.1) is 0 Å². The minimum atomic E-state index is 0. The minimum Gasteiger partial charge on any atom is -0.497 e. The predicted octanol–water partition coefficient (Wildman–Crippen LogP) is 4.87. The van der Waals surface area contributed by atoms with E-state index in [1.807, 2.05) is 62.6 Å². The Morgan fingerprint density at radius 3 is 2.33 bits per heavy atom. The van der Waals surface area contributed by atoms with Crippen molar-refractivity contribution in [3.63, 3.8) is 0 Å². The molecule has 164 valence electrons. The number of fused-ring (bicyclic) bond motifs is 3. The molecule has 0 spiro atoms. The van der Waals surface area contributed by atoms with Crippen LogP contribution in [0.3, 0.4) is 0 Å². The molecule has 0 atom stereocenters. The maximum atomic E-state index is 5.40. The van der Waals surface area contributed by atoms with E-state index in [4.69, 9.17) is 9.84 Å². The molecule has 2 aromatic heterocycles. The van der Waals surface area contributed by atoms with E-state index >= 15 is 0 Å². The molecule has 3 aliphatic rings. The fourth-order valence-electron chi connectivity index (χ4n) is 4.28. The van der Waals surface area contributed by atoms with Crippen molar-refractivity contribution >= 4 is 0 Å². The maximum Gasteiger partial charge on any atom is 2.00 e. The van der Waals surface area contributed by atoms with Gasteiger partial charge in [0.25, 0.3) is 0 Å². The molecule has 33 heavy (non-hydrogen) atoms. The van der Waals surface area contributed by atoms with Gasteiger partial charge >= 0.3 is 17.1 Å². The van der Waals surface area contributed by atoms with E-state index in [2.05, 4.69) is 47.5 Å². The average molecular weight is 475 g/mol. The molecule has 3 aromatic rings. The first-order chi connectivity index (χ1) is 15.8. The fourth-order valence-corrected chi connectivity index (χ4v) is 4.28. The first-order valence-corrected chi connectivity index (χ1v) is 10.9. The second-order valence-electron chi connectivity index (χ2n) is 7.81. The molecule has 0 saturated heterocycles. The minimum absolute atomic E-state index is 0. The van der Waals surface area contributed by atoms with Crippen LogP contribution < -0.4 is 4.74 Å². The first kappa shape index (κ1) is 24.0. The molecular weight excluding hydrogens is 450 g/mol. The second kappa shape index (κ2) is 11.4. The summed E-state index contributed by atoms with van der Waals surface area (Å²) < 4.78 is 7.51. The van der Waals surface area contributed by atoms with E-state index in [1.165, 1.54) is 28.3 Å². The molecule has 0 N–H and O–H groups in total. The molecule has 4 nitrogen and oxygen atoms in total. The Kier molecular flexibility index (Phi) is 8.27. The number of benzene rings is 1. The van der Waals surface area contributed by atoms with Crippen LogP contribution in [0.2, 0.25) is 0 Å². The molecule has 2 fully saturated rings. The molecule has 0 bridgehead atoms. The van der Waals surface area contributed by atoms with Gasteiger partial charge in [-0.3, -0.25) is 9.67 Å². The van der Waals surface area contributed by atoms with Crippen LogP contribution in [0, 0.1) is 63.7 Å². The summed E-state index contributed by atoms with van der Waals surface area (Å²) in [6.07, 6.45) is 22.3. The molecule has 0 unspecified atom stereocenters. The molecule has 10 radical (unpaired) electrons. The van der Waals surface area contributed by atoms with Gasteiger partial charge in [-0.25, -0.2) is 0 Å². The van der Waals surface area contributed by atoms with Crippen LogP contribution in [0.15, 0.2) is 42.6 Å². The zero-order chi connectivity index (χ0) is 21.8. The van der Waals surface area contributed by atoms with E-state index < -0.39 is 0 Å². The van der Waals surface area contributed by atoms with Gasteiger partial charge in [0, 0.05) is 23.2 Å². The van der Waals surface area contributed by atoms with Gasteiger partial charge in [0.05, 0.1) is 30.7 Å². The SMILES string of the molecule is COc1ccc2c(c1)CCc1c-2nn(Cc2ccccn2)c1[C]1[CH][CH][CH][CH]1.[CH]1[CH][CH][CH][CH]1.[Fe+2]. The van der Waals surface area contributed by atoms with E-state index in [0.717, 1.165) is 30.0 Å². The molecule has 5 heteroatoms. The summed E-state index contributed by atoms with van der Waals surface area (Å²) in [6.45, 7) is 0.667. The Hall–Kier alpha value is -2.10. The summed E-state index contributed by atoms with van der Waals surface area (Å²) in [4.78, 5) is 4.49. The molecule has 2 heterocycles. The smallest absolute Gasteiger partial charge is 0.497 e. The number of aryl methyl sites for hydroxylation is 1. The third-order valence-corrected chi connectivity index (χ3v) is 5.79. The van der Waals surface area contributed by atoms with E-state index in [9.17, 15) is 0 Å². The Morgan fingerprint density at radius 1 is 0.909 bits per heavy atom. The van der Waals surface area contributed by atoms with Crippen molar-refractivity contribution < 1.29 is 21.8 Å². The van der Waals surface area contributed by atoms with Crippen LogP contribution in [0.1, 0.15) is 22.5 Å². The van der Waals surface area contributed by atoms with Crippen molar-refractivity contribution in [2.24, 2.45) is 0 Å². The van der Waals surface area contributed by atoms with E-state index in [0.29, 0.717) is 6.54 Å². The van der Waals surface area contributed by atoms with Gasteiger partial charge in [0.2, 0.25) is 0 Å². The average Bonchev–Trinajstić information content (AvgIpc) is 3.62. The third-order valence-electron chi connectivity index (χ3n) is 5.79. The van der Waals surface area contributed by atoms with Crippen LogP contribution in [0.4, 0.5) is 0 Å². The molecule has 3 aliphatic carbocycles. The number of hydrogen-bond donors (Lipinski definition) is 0. The summed E-state index contributed by atoms with van der Waals surface area (Å²) in [5.74, 6) is 2.12. The van der Waals surface area contributed by atoms with Crippen molar-refractivity contribution in [3.05, 3.63) is 129 Å². The number of nitrogens with zero attached hydrogens (tertiary/aromatic N) is 3. The second-order valence-corrected chi connectivity index (χ2v) is 7.81. The number of pyridine rings is 1. The first-order valence-electron chi connectivity index (χ1n) is 10.9. The van der Waals surface area contributed by atoms with Crippen molar-refractivity contribution in [1.29, 1.82) is 0 Å². The summed E-state index contributed by atoms with van der Waals surface area (Å²) in [7, 11) is 1.71. The Labute approximate surface area is 208 Å². The number of hydrogen-bond acceptors (Lipinski definition) is 3. The number of ether oxygens (including phenoxy) is 1. The summed E-state index contributed by atoms with van der Waals surface area (Å²) in [6, 6.07) is 12.3. The molecule has 0 aliphatic heterocycles. The topological polar surface area (TPSA) is 39.9 Å². The molecule has 2 saturated carbocycles. The van der Waals surface area contributed by atoms with E-state index in [-0.39, 0.29) is 17.1 Å². The van der Waals surface area contributed by atoms with Crippen LogP contribution in [0.25, 0.3) is 11.3 Å². The van der Waals surface area contributed by atoms with Gasteiger partial charge in [0.1, 0.15) is 5.75 Å². The molecule has 0 amide bonds. The Morgan fingerprint density at radius 2 is 1.67 bits per heavy atom. The maximum absolute atomic E-state index is 5.40. The fraction of sp³-hybridized carbons (Fsp3) is 0.143. The van der Waals surface area contributed by atoms with Crippen LogP contribution >= 0.6 is 0 Å². The van der Waals surface area contributed by atoms with E-state index in [1.54, 1.807) is 7.11 Å². The monoisotopic (exact) mass is 475 g/mol. The van der Waals surface area contributed by atoms with Gasteiger partial charge in [-0.05, 0) is 107 Å². The van der Waals surface area contributed by atoms with Crippen LogP contribution in [-0.2, 0) is 36.5 Å². The zero-order valence-electron chi connectivity index (χ0n) is 18.5. The standard InChI is InChI=1S/C23H20N3O.C5H5.Fe/c1-27-19-10-12-20-17(14-19)9-11-21-22(20)25-26(15-18-8-4-5-13-24-18)23(21)16-6-2-3-7-16;1-2-4-5-3-1;/h2-8,10,12-14H,9,11,15H2,1H3;1-5H;/q;;+2. The predicted molar refractivity (Wildman–Crippen MR) is 126 cm³/mol. The van der Waals surface area contributed by atoms with Gasteiger partial charge in [-0.1, -0.05) is 6.07 Å². The molecular formula is C28H25FeN3O+2. The van der Waals surface area contributed by atoms with Crippen molar-refractivity contribution in [1.82, 2.24) is 14.8 Å². The quantitative estimate of drug-likeness (QED) is 0.506. The summed E-state index contributed by atoms with van der Waals surface area (Å²) in [5, 5.41) is 5.03. The van der Waals surface area contributed by atoms with Crippen molar-refractivity contribution in [3.8, 4) is 17.0 Å². The van der Waals surface area contributed by atoms with Gasteiger partial charge in [-0.2, -0.15) is 5.10 Å². The Balaban J connectivity index is 0.000000385. The number of methoxy groups -OCH3 is 1. The van der Waals surface area contributed by atoms with Crippen LogP contribution in [0.5, 0.6) is 5.75 Å². The zero-order valence-corrected chi connectivity index (χ0v) is 19.6. The van der Waals surface area contributed by atoms with Crippen molar-refractivity contribution in [2.45, 2.75) is 19.4 Å². The number of rotatable bonds is 4. The largest absolute Gasteiger partial charge is 2.00 e. The van der Waals surface area contributed by atoms with Crippen LogP contribution in [-0.4, -0.2) is 21.9 Å². The third kappa shape index (κ3) is 5.36.